The van der Waals surface area contributed by atoms with E-state index in [0.717, 1.165) is 12.0 Å². The molecule has 9 nitrogen and oxygen atoms in total. The summed E-state index contributed by atoms with van der Waals surface area (Å²) in [6, 6.07) is 11.7. The number of nitrogens with one attached hydrogen (secondary N) is 1. The number of para-hydroxylation sites is 1. The van der Waals surface area contributed by atoms with Crippen LogP contribution in [0.1, 0.15) is 31.7 Å². The number of aromatic nitrogens is 3. The molecule has 224 valence electrons. The molecule has 12 heteroatoms. The van der Waals surface area contributed by atoms with E-state index in [0.29, 0.717) is 34.9 Å². The Bertz CT molecular complexity index is 1960. The van der Waals surface area contributed by atoms with Gasteiger partial charge in [-0.25, -0.2) is 18.7 Å². The average Bonchev–Trinajstić information content (AvgIpc) is 3.80. The predicted octanol–water partition coefficient (Wildman–Crippen LogP) is 5.38. The van der Waals surface area contributed by atoms with E-state index in [9.17, 15) is 14.4 Å². The van der Waals surface area contributed by atoms with Crippen molar-refractivity contribution in [3.8, 4) is 16.9 Å². The Morgan fingerprint density at radius 2 is 1.95 bits per heavy atom. The van der Waals surface area contributed by atoms with Crippen molar-refractivity contribution >= 4 is 57.7 Å². The molecule has 2 aliphatic heterocycles. The van der Waals surface area contributed by atoms with E-state index < -0.39 is 11.5 Å². The third-order valence-electron chi connectivity index (χ3n) is 8.40. The number of fused-ring (bicyclic) bond motifs is 6. The van der Waals surface area contributed by atoms with E-state index in [-0.39, 0.29) is 63.2 Å². The molecule has 2 aromatic carbocycles. The van der Waals surface area contributed by atoms with Crippen molar-refractivity contribution in [3.63, 3.8) is 0 Å². The van der Waals surface area contributed by atoms with E-state index >= 15 is 4.39 Å². The minimum atomic E-state index is -0.614. The molecule has 0 radical (unpaired) electrons. The number of hydrogen-bond acceptors (Lipinski definition) is 7. The van der Waals surface area contributed by atoms with Gasteiger partial charge in [0.2, 0.25) is 11.8 Å². The third-order valence-corrected chi connectivity index (χ3v) is 9.73. The topological polar surface area (TPSA) is 100 Å². The second kappa shape index (κ2) is 10.7. The quantitative estimate of drug-likeness (QED) is 0.303. The number of piperazine rings is 1. The largest absolute Gasteiger partial charge is 0.355 e. The highest BCUT2D eigenvalue weighted by Crippen LogP contribution is 2.44. The van der Waals surface area contributed by atoms with Crippen LogP contribution < -0.4 is 15.9 Å². The summed E-state index contributed by atoms with van der Waals surface area (Å²) < 4.78 is 17.0. The lowest BCUT2D eigenvalue weighted by molar-refractivity contribution is -0.126. The van der Waals surface area contributed by atoms with Crippen molar-refractivity contribution in [2.45, 2.75) is 43.2 Å². The number of pyridine rings is 1. The zero-order valence-electron chi connectivity index (χ0n) is 24.0. The minimum Gasteiger partial charge on any atom is -0.349 e. The fraction of sp³-hybridized carbons (Fsp3) is 0.281. The molecule has 7 rings (SSSR count). The van der Waals surface area contributed by atoms with Crippen LogP contribution in [-0.2, 0) is 9.59 Å². The number of anilines is 2. The molecule has 1 saturated heterocycles. The first-order valence-corrected chi connectivity index (χ1v) is 15.7. The molecule has 0 spiro atoms. The predicted molar refractivity (Wildman–Crippen MR) is 170 cm³/mol. The Morgan fingerprint density at radius 1 is 1.16 bits per heavy atom. The van der Waals surface area contributed by atoms with Crippen LogP contribution in [-0.4, -0.2) is 62.2 Å². The van der Waals surface area contributed by atoms with Crippen LogP contribution in [0.5, 0.6) is 0 Å². The first-order chi connectivity index (χ1) is 21.2. The number of thioether (sulfide) groups is 1. The third kappa shape index (κ3) is 4.57. The van der Waals surface area contributed by atoms with Gasteiger partial charge in [-0.3, -0.25) is 9.59 Å². The van der Waals surface area contributed by atoms with Gasteiger partial charge < -0.3 is 15.1 Å². The first-order valence-electron chi connectivity index (χ1n) is 14.4. The van der Waals surface area contributed by atoms with E-state index in [4.69, 9.17) is 16.6 Å². The molecular formula is C32H28ClFN6O3S. The lowest BCUT2D eigenvalue weighted by Gasteiger charge is -2.35. The van der Waals surface area contributed by atoms with Gasteiger partial charge in [-0.1, -0.05) is 50.2 Å². The van der Waals surface area contributed by atoms with Gasteiger partial charge in [0.1, 0.15) is 11.6 Å². The zero-order chi connectivity index (χ0) is 30.9. The van der Waals surface area contributed by atoms with E-state index in [2.05, 4.69) is 16.9 Å². The highest BCUT2D eigenvalue weighted by atomic mass is 35.5. The molecule has 2 fully saturated rings. The monoisotopic (exact) mass is 630 g/mol. The summed E-state index contributed by atoms with van der Waals surface area (Å²) in [4.78, 5) is 53.8. The zero-order valence-corrected chi connectivity index (χ0v) is 25.6. The lowest BCUT2D eigenvalue weighted by atomic mass is 10.0. The number of benzene rings is 2. The summed E-state index contributed by atoms with van der Waals surface area (Å²) in [6.07, 6.45) is 2.06. The highest BCUT2D eigenvalue weighted by Gasteiger charge is 2.51. The SMILES string of the molecule is C=CC(=O)N1CCN(c2nc(=O)n3c4nc(c(Cl)cc24)-c2c(F)cccc2NC(=O)CSc2cccc(C(C)C)c2-3)[C@H]2C[C@H]21. The van der Waals surface area contributed by atoms with Crippen LogP contribution >= 0.6 is 23.4 Å². The van der Waals surface area contributed by atoms with Crippen LogP contribution in [0.3, 0.4) is 0 Å². The summed E-state index contributed by atoms with van der Waals surface area (Å²) in [6.45, 7) is 8.58. The Labute approximate surface area is 261 Å². The summed E-state index contributed by atoms with van der Waals surface area (Å²) in [5.74, 6) is -0.609. The fourth-order valence-electron chi connectivity index (χ4n) is 6.30. The average molecular weight is 631 g/mol. The molecule has 2 bridgehead atoms. The Hall–Kier alpha value is -4.22. The summed E-state index contributed by atoms with van der Waals surface area (Å²) in [5.41, 5.74) is 1.53. The summed E-state index contributed by atoms with van der Waals surface area (Å²) in [5, 5.41) is 3.50. The highest BCUT2D eigenvalue weighted by molar-refractivity contribution is 8.00. The minimum absolute atomic E-state index is 0.0108. The number of carbonyl (C=O) groups excluding carboxylic acids is 2. The van der Waals surface area contributed by atoms with Gasteiger partial charge in [-0.15, -0.1) is 11.8 Å². The van der Waals surface area contributed by atoms with Crippen molar-refractivity contribution < 1.29 is 14.0 Å². The number of hydrogen-bond donors (Lipinski definition) is 1. The molecule has 2 amide bonds. The molecule has 0 unspecified atom stereocenters. The van der Waals surface area contributed by atoms with Crippen LogP contribution in [0, 0.1) is 5.82 Å². The van der Waals surface area contributed by atoms with Crippen molar-refractivity contribution in [1.29, 1.82) is 0 Å². The van der Waals surface area contributed by atoms with Gasteiger partial charge in [-0.2, -0.15) is 4.98 Å². The van der Waals surface area contributed by atoms with E-state index in [1.54, 1.807) is 17.0 Å². The smallest absolute Gasteiger partial charge is 0.349 e. The number of amides is 2. The van der Waals surface area contributed by atoms with Crippen LogP contribution in [0.15, 0.2) is 64.8 Å². The summed E-state index contributed by atoms with van der Waals surface area (Å²) >= 11 is 8.16. The van der Waals surface area contributed by atoms with Crippen LogP contribution in [0.2, 0.25) is 5.02 Å². The second-order valence-electron chi connectivity index (χ2n) is 11.4. The van der Waals surface area contributed by atoms with E-state index in [1.165, 1.54) is 34.5 Å². The number of carbonyl (C=O) groups is 2. The number of nitrogens with zero attached hydrogens (tertiary/aromatic N) is 5. The molecule has 1 saturated carbocycles. The lowest BCUT2D eigenvalue weighted by Crippen LogP contribution is -2.49. The molecule has 1 N–H and O–H groups in total. The van der Waals surface area contributed by atoms with Crippen LogP contribution in [0.25, 0.3) is 28.0 Å². The van der Waals surface area contributed by atoms with Crippen molar-refractivity contribution in [2.24, 2.45) is 0 Å². The van der Waals surface area contributed by atoms with E-state index in [1.807, 2.05) is 36.9 Å². The normalized spacial score (nSPS) is 19.1. The number of rotatable bonds is 3. The fourth-order valence-corrected chi connectivity index (χ4v) is 7.43. The Balaban J connectivity index is 1.54. The van der Waals surface area contributed by atoms with Crippen molar-refractivity contribution in [1.82, 2.24) is 19.4 Å². The van der Waals surface area contributed by atoms with Crippen LogP contribution in [0.4, 0.5) is 15.9 Å². The molecule has 1 aliphatic carbocycles. The molecule has 44 heavy (non-hydrogen) atoms. The Kier molecular flexibility index (Phi) is 6.97. The molecule has 4 heterocycles. The van der Waals surface area contributed by atoms with Gasteiger partial charge in [0.25, 0.3) is 0 Å². The maximum atomic E-state index is 15.5. The molecule has 2 aromatic heterocycles. The van der Waals surface area contributed by atoms with Crippen molar-refractivity contribution in [2.75, 3.05) is 29.1 Å². The molecular weight excluding hydrogens is 603 g/mol. The first kappa shape index (κ1) is 28.5. The molecule has 4 aromatic rings. The van der Waals surface area contributed by atoms with Gasteiger partial charge in [-0.05, 0) is 48.2 Å². The maximum absolute atomic E-state index is 15.5. The van der Waals surface area contributed by atoms with Gasteiger partial charge in [0.15, 0.2) is 5.65 Å². The van der Waals surface area contributed by atoms with Gasteiger partial charge >= 0.3 is 5.69 Å². The second-order valence-corrected chi connectivity index (χ2v) is 12.8. The standard InChI is InChI=1S/C32H28ClFN6O3S/c1-4-26(42)38-11-12-39(23-14-22(23)38)30-18-13-19(33)28-27-20(34)8-6-9-21(27)35-25(41)15-44-24-10-5-7-17(16(2)3)29(24)40(31(18)36-28)32(43)37-30/h4-10,13,16,22-23H,1,11-12,14-15H2,2-3H3,(H,35,41)/t22-,23+/m1/s1. The molecule has 2 atom stereocenters. The van der Waals surface area contributed by atoms with Crippen molar-refractivity contribution in [3.05, 3.63) is 82.0 Å². The Morgan fingerprint density at radius 3 is 2.73 bits per heavy atom. The number of halogens is 2. The summed E-state index contributed by atoms with van der Waals surface area (Å²) in [7, 11) is 0. The maximum Gasteiger partial charge on any atom is 0.355 e. The van der Waals surface area contributed by atoms with Gasteiger partial charge in [0.05, 0.1) is 50.9 Å². The molecule has 3 aliphatic rings. The van der Waals surface area contributed by atoms with Gasteiger partial charge in [0, 0.05) is 18.0 Å².